The highest BCUT2D eigenvalue weighted by Gasteiger charge is 2.31. The van der Waals surface area contributed by atoms with Crippen molar-refractivity contribution in [2.45, 2.75) is 44.4 Å². The van der Waals surface area contributed by atoms with Crippen molar-refractivity contribution in [2.75, 3.05) is 13.1 Å². The molecule has 6 heteroatoms. The molecule has 1 amide bonds. The van der Waals surface area contributed by atoms with Gasteiger partial charge in [-0.05, 0) is 37.8 Å². The summed E-state index contributed by atoms with van der Waals surface area (Å²) in [7, 11) is 0. The molecule has 0 atom stereocenters. The molecule has 0 aromatic carbocycles. The van der Waals surface area contributed by atoms with E-state index in [9.17, 15) is 4.79 Å². The van der Waals surface area contributed by atoms with Crippen LogP contribution in [0.3, 0.4) is 0 Å². The summed E-state index contributed by atoms with van der Waals surface area (Å²) in [5.41, 5.74) is 0.973. The average molecular weight is 325 g/mol. The Morgan fingerprint density at radius 3 is 2.50 bits per heavy atom. The van der Waals surface area contributed by atoms with Crippen molar-refractivity contribution < 1.29 is 4.79 Å². The van der Waals surface area contributed by atoms with Gasteiger partial charge >= 0.3 is 0 Å². The number of nitrogens with zero attached hydrogens (tertiary/aromatic N) is 4. The lowest BCUT2D eigenvalue weighted by Gasteiger charge is -2.32. The van der Waals surface area contributed by atoms with Crippen molar-refractivity contribution in [1.82, 2.24) is 25.1 Å². The summed E-state index contributed by atoms with van der Waals surface area (Å²) in [5.74, 6) is 2.68. The molecule has 2 fully saturated rings. The Kier molecular flexibility index (Phi) is 4.28. The van der Waals surface area contributed by atoms with Gasteiger partial charge in [0.1, 0.15) is 5.82 Å². The fourth-order valence-electron chi connectivity index (χ4n) is 3.89. The van der Waals surface area contributed by atoms with Crippen LogP contribution in [0.15, 0.2) is 24.5 Å². The number of amides is 1. The summed E-state index contributed by atoms with van der Waals surface area (Å²) in [4.78, 5) is 23.3. The van der Waals surface area contributed by atoms with E-state index >= 15 is 0 Å². The number of likely N-dealkylation sites (tertiary alicyclic amines) is 1. The van der Waals surface area contributed by atoms with E-state index in [1.807, 2.05) is 12.1 Å². The van der Waals surface area contributed by atoms with Gasteiger partial charge in [-0.2, -0.15) is 5.10 Å². The molecule has 2 aromatic heterocycles. The summed E-state index contributed by atoms with van der Waals surface area (Å²) in [6.45, 7) is 1.68. The zero-order valence-electron chi connectivity index (χ0n) is 13.8. The predicted molar refractivity (Wildman–Crippen MR) is 90.1 cm³/mol. The Morgan fingerprint density at radius 2 is 1.79 bits per heavy atom. The smallest absolute Gasteiger partial charge is 0.225 e. The number of rotatable bonds is 3. The third kappa shape index (κ3) is 3.05. The largest absolute Gasteiger partial charge is 0.342 e. The molecule has 1 aliphatic carbocycles. The lowest BCUT2D eigenvalue weighted by Crippen LogP contribution is -2.41. The molecule has 1 saturated carbocycles. The Hall–Kier alpha value is -2.24. The molecule has 1 aliphatic heterocycles. The highest BCUT2D eigenvalue weighted by Crippen LogP contribution is 2.31. The van der Waals surface area contributed by atoms with Crippen LogP contribution in [0.4, 0.5) is 0 Å². The molecule has 4 rings (SSSR count). The number of carbonyl (C=O) groups excluding carboxylic acids is 1. The van der Waals surface area contributed by atoms with E-state index in [1.165, 1.54) is 12.8 Å². The first kappa shape index (κ1) is 15.3. The third-order valence-corrected chi connectivity index (χ3v) is 5.34. The molecule has 3 heterocycles. The monoisotopic (exact) mass is 325 g/mol. The van der Waals surface area contributed by atoms with Crippen LogP contribution in [-0.2, 0) is 4.79 Å². The molecule has 2 aliphatic rings. The Balaban J connectivity index is 1.38. The molecule has 0 unspecified atom stereocenters. The quantitative estimate of drug-likeness (QED) is 0.941. The van der Waals surface area contributed by atoms with E-state index in [-0.39, 0.29) is 5.92 Å². The van der Waals surface area contributed by atoms with Gasteiger partial charge in [-0.25, -0.2) is 4.98 Å². The summed E-state index contributed by atoms with van der Waals surface area (Å²) < 4.78 is 0. The van der Waals surface area contributed by atoms with Crippen LogP contribution in [-0.4, -0.2) is 44.1 Å². The van der Waals surface area contributed by atoms with Crippen LogP contribution in [0.2, 0.25) is 0 Å². The summed E-state index contributed by atoms with van der Waals surface area (Å²) >= 11 is 0. The van der Waals surface area contributed by atoms with E-state index in [0.29, 0.717) is 11.8 Å². The van der Waals surface area contributed by atoms with Gasteiger partial charge in [0.25, 0.3) is 0 Å². The van der Waals surface area contributed by atoms with Gasteiger partial charge in [-0.1, -0.05) is 12.8 Å². The van der Waals surface area contributed by atoms with Crippen molar-refractivity contribution in [2.24, 2.45) is 5.92 Å². The average Bonchev–Trinajstić information content (AvgIpc) is 3.34. The Labute approximate surface area is 141 Å². The maximum atomic E-state index is 12.5. The highest BCUT2D eigenvalue weighted by atomic mass is 16.2. The van der Waals surface area contributed by atoms with Gasteiger partial charge in [0, 0.05) is 42.9 Å². The molecule has 1 saturated heterocycles. The maximum absolute atomic E-state index is 12.5. The zero-order chi connectivity index (χ0) is 16.4. The second kappa shape index (κ2) is 6.71. The molecular weight excluding hydrogens is 302 g/mol. The number of aromatic nitrogens is 4. The molecular formula is C18H23N5O. The van der Waals surface area contributed by atoms with Crippen LogP contribution >= 0.6 is 0 Å². The minimum atomic E-state index is 0.283. The van der Waals surface area contributed by atoms with Crippen LogP contribution in [0.25, 0.3) is 11.4 Å². The summed E-state index contributed by atoms with van der Waals surface area (Å²) in [6.07, 6.45) is 10.0. The molecule has 2 aromatic rings. The predicted octanol–water partition coefficient (Wildman–Crippen LogP) is 2.76. The van der Waals surface area contributed by atoms with Crippen LogP contribution in [0, 0.1) is 5.92 Å². The first-order chi connectivity index (χ1) is 11.8. The number of carbonyl (C=O) groups is 1. The van der Waals surface area contributed by atoms with Crippen molar-refractivity contribution in [3.8, 4) is 11.4 Å². The Bertz CT molecular complexity index is 684. The van der Waals surface area contributed by atoms with E-state index in [0.717, 1.165) is 56.0 Å². The fourth-order valence-corrected chi connectivity index (χ4v) is 3.89. The van der Waals surface area contributed by atoms with Crippen molar-refractivity contribution in [3.05, 3.63) is 30.4 Å². The van der Waals surface area contributed by atoms with Gasteiger partial charge in [-0.3, -0.25) is 14.9 Å². The van der Waals surface area contributed by atoms with Gasteiger partial charge in [0.2, 0.25) is 5.91 Å². The lowest BCUT2D eigenvalue weighted by molar-refractivity contribution is -0.136. The van der Waals surface area contributed by atoms with Crippen LogP contribution in [0.5, 0.6) is 0 Å². The number of hydrogen-bond donors (Lipinski definition) is 1. The molecule has 24 heavy (non-hydrogen) atoms. The number of aromatic amines is 1. The lowest BCUT2D eigenvalue weighted by atomic mass is 9.94. The normalized spacial score (nSPS) is 19.8. The molecule has 0 radical (unpaired) electrons. The van der Waals surface area contributed by atoms with E-state index in [4.69, 9.17) is 0 Å². The molecule has 1 N–H and O–H groups in total. The maximum Gasteiger partial charge on any atom is 0.225 e. The molecule has 0 bridgehead atoms. The SMILES string of the molecule is O=C(C1CCCC1)N1CCC(c2nc(-c3ccncc3)n[nH]2)CC1. The van der Waals surface area contributed by atoms with Crippen molar-refractivity contribution in [3.63, 3.8) is 0 Å². The molecule has 6 nitrogen and oxygen atoms in total. The number of nitrogens with one attached hydrogen (secondary N) is 1. The van der Waals surface area contributed by atoms with Gasteiger partial charge in [0.05, 0.1) is 0 Å². The van der Waals surface area contributed by atoms with E-state index in [2.05, 4.69) is 25.1 Å². The summed E-state index contributed by atoms with van der Waals surface area (Å²) in [5, 5.41) is 7.42. The first-order valence-corrected chi connectivity index (χ1v) is 8.93. The first-order valence-electron chi connectivity index (χ1n) is 8.93. The minimum Gasteiger partial charge on any atom is -0.342 e. The highest BCUT2D eigenvalue weighted by molar-refractivity contribution is 5.79. The molecule has 0 spiro atoms. The minimum absolute atomic E-state index is 0.283. The topological polar surface area (TPSA) is 74.8 Å². The number of piperidine rings is 1. The zero-order valence-corrected chi connectivity index (χ0v) is 13.8. The number of hydrogen-bond acceptors (Lipinski definition) is 4. The van der Waals surface area contributed by atoms with Crippen molar-refractivity contribution >= 4 is 5.91 Å². The summed E-state index contributed by atoms with van der Waals surface area (Å²) in [6, 6.07) is 3.83. The van der Waals surface area contributed by atoms with Gasteiger partial charge in [-0.15, -0.1) is 0 Å². The van der Waals surface area contributed by atoms with Gasteiger partial charge in [0.15, 0.2) is 5.82 Å². The number of pyridine rings is 1. The Morgan fingerprint density at radius 1 is 1.08 bits per heavy atom. The standard InChI is InChI=1S/C18H23N5O/c24-18(15-3-1-2-4-15)23-11-7-14(8-12-23)17-20-16(21-22-17)13-5-9-19-10-6-13/h5-6,9-10,14-15H,1-4,7-8,11-12H2,(H,20,21,22). The van der Waals surface area contributed by atoms with E-state index in [1.54, 1.807) is 12.4 Å². The van der Waals surface area contributed by atoms with Crippen LogP contribution in [0.1, 0.15) is 50.3 Å². The van der Waals surface area contributed by atoms with Crippen molar-refractivity contribution in [1.29, 1.82) is 0 Å². The van der Waals surface area contributed by atoms with Crippen LogP contribution < -0.4 is 0 Å². The second-order valence-corrected chi connectivity index (χ2v) is 6.86. The van der Waals surface area contributed by atoms with E-state index < -0.39 is 0 Å². The second-order valence-electron chi connectivity index (χ2n) is 6.86. The fraction of sp³-hybridized carbons (Fsp3) is 0.556. The third-order valence-electron chi connectivity index (χ3n) is 5.34. The van der Waals surface area contributed by atoms with Gasteiger partial charge < -0.3 is 4.90 Å². The molecule has 126 valence electrons. The number of H-pyrrole nitrogens is 1.